The fourth-order valence-electron chi connectivity index (χ4n) is 4.45. The number of hydrogen-bond acceptors (Lipinski definition) is 5. The Bertz CT molecular complexity index is 939. The van der Waals surface area contributed by atoms with Crippen LogP contribution in [0, 0.1) is 6.92 Å². The molecule has 3 heterocycles. The average Bonchev–Trinajstić information content (AvgIpc) is 3.50. The van der Waals surface area contributed by atoms with E-state index in [1.807, 2.05) is 43.0 Å². The van der Waals surface area contributed by atoms with Gasteiger partial charge in [0.2, 0.25) is 5.91 Å². The monoisotopic (exact) mass is 471 g/mol. The number of rotatable bonds is 8. The van der Waals surface area contributed by atoms with Crippen LogP contribution in [0.1, 0.15) is 41.8 Å². The molecule has 178 valence electrons. The van der Waals surface area contributed by atoms with Crippen LogP contribution in [-0.2, 0) is 16.0 Å². The minimum Gasteiger partial charge on any atom is -0.491 e. The topological polar surface area (TPSA) is 71.1 Å². The Balaban J connectivity index is 1.48. The molecule has 7 nitrogen and oxygen atoms in total. The maximum absolute atomic E-state index is 13.5. The van der Waals surface area contributed by atoms with Gasteiger partial charge in [-0.05, 0) is 62.3 Å². The van der Waals surface area contributed by atoms with Crippen molar-refractivity contribution in [1.29, 1.82) is 0 Å². The molecule has 0 bridgehead atoms. The predicted octanol–water partition coefficient (Wildman–Crippen LogP) is 3.77. The van der Waals surface area contributed by atoms with Crippen molar-refractivity contribution in [3.05, 3.63) is 51.7 Å². The zero-order valence-corrected chi connectivity index (χ0v) is 20.2. The molecule has 0 spiro atoms. The molecular formula is C25H33N3O4S. The molecule has 2 aromatic rings. The predicted molar refractivity (Wildman–Crippen MR) is 129 cm³/mol. The molecule has 1 fully saturated rings. The van der Waals surface area contributed by atoms with E-state index in [0.717, 1.165) is 30.6 Å². The Hall–Kier alpha value is -2.58. The third kappa shape index (κ3) is 5.86. The van der Waals surface area contributed by atoms with Crippen molar-refractivity contribution < 1.29 is 19.1 Å². The van der Waals surface area contributed by atoms with Gasteiger partial charge in [-0.1, -0.05) is 17.7 Å². The van der Waals surface area contributed by atoms with E-state index in [0.29, 0.717) is 32.8 Å². The van der Waals surface area contributed by atoms with Gasteiger partial charge in [0.05, 0.1) is 12.1 Å². The largest absolute Gasteiger partial charge is 0.491 e. The van der Waals surface area contributed by atoms with Gasteiger partial charge in [0.15, 0.2) is 0 Å². The fourth-order valence-corrected chi connectivity index (χ4v) is 5.38. The fraction of sp³-hybridized carbons (Fsp3) is 0.520. The molecule has 1 aromatic heterocycles. The van der Waals surface area contributed by atoms with Gasteiger partial charge in [0, 0.05) is 31.1 Å². The van der Waals surface area contributed by atoms with Crippen LogP contribution in [0.15, 0.2) is 35.7 Å². The van der Waals surface area contributed by atoms with Gasteiger partial charge in [0.25, 0.3) is 0 Å². The summed E-state index contributed by atoms with van der Waals surface area (Å²) in [6, 6.07) is 9.65. The number of nitrogens with zero attached hydrogens (tertiary/aromatic N) is 2. The number of amides is 3. The molecular weight excluding hydrogens is 438 g/mol. The number of benzene rings is 1. The standard InChI is InChI=1S/C25H33N3O4S/c1-3-26-25(30)27(15-20-5-4-13-31-20)16-24(29)28-12-10-23-21(11-14-33-23)22(28)17-32-19-8-6-18(2)7-9-19/h6-9,11,14,20,22H,3-5,10,12-13,15-17H2,1-2H3,(H,26,30)/t20-,22-/m1/s1. The highest BCUT2D eigenvalue weighted by atomic mass is 32.1. The number of hydrogen-bond donors (Lipinski definition) is 1. The van der Waals surface area contributed by atoms with Crippen LogP contribution in [0.25, 0.3) is 0 Å². The molecule has 0 aliphatic carbocycles. The van der Waals surface area contributed by atoms with Crippen molar-refractivity contribution in [3.63, 3.8) is 0 Å². The minimum absolute atomic E-state index is 0.00842. The molecule has 8 heteroatoms. The van der Waals surface area contributed by atoms with Gasteiger partial charge in [0.1, 0.15) is 18.9 Å². The second kappa shape index (κ2) is 11.0. The molecule has 0 radical (unpaired) electrons. The Kier molecular flexibility index (Phi) is 7.88. The third-order valence-electron chi connectivity index (χ3n) is 6.23. The van der Waals surface area contributed by atoms with Crippen LogP contribution < -0.4 is 10.1 Å². The SMILES string of the molecule is CCNC(=O)N(CC(=O)N1CCc2sccc2[C@H]1COc1ccc(C)cc1)C[C@H]1CCCO1. The molecule has 3 amide bonds. The number of carbonyl (C=O) groups is 2. The molecule has 4 rings (SSSR count). The van der Waals surface area contributed by atoms with E-state index < -0.39 is 0 Å². The molecule has 2 aliphatic heterocycles. The maximum atomic E-state index is 13.5. The first-order valence-corrected chi connectivity index (χ1v) is 12.6. The van der Waals surface area contributed by atoms with E-state index in [1.54, 1.807) is 16.2 Å². The van der Waals surface area contributed by atoms with Crippen LogP contribution in [0.2, 0.25) is 0 Å². The molecule has 2 aliphatic rings. The summed E-state index contributed by atoms with van der Waals surface area (Å²) < 4.78 is 11.8. The molecule has 0 unspecified atom stereocenters. The molecule has 2 atom stereocenters. The lowest BCUT2D eigenvalue weighted by molar-refractivity contribution is -0.135. The number of carbonyl (C=O) groups excluding carboxylic acids is 2. The van der Waals surface area contributed by atoms with E-state index in [9.17, 15) is 9.59 Å². The smallest absolute Gasteiger partial charge is 0.317 e. The summed E-state index contributed by atoms with van der Waals surface area (Å²) >= 11 is 1.73. The Morgan fingerprint density at radius 2 is 2.09 bits per heavy atom. The summed E-state index contributed by atoms with van der Waals surface area (Å²) in [5, 5.41) is 4.92. The van der Waals surface area contributed by atoms with E-state index in [2.05, 4.69) is 16.8 Å². The number of thiophene rings is 1. The zero-order chi connectivity index (χ0) is 23.2. The molecule has 1 N–H and O–H groups in total. The van der Waals surface area contributed by atoms with Gasteiger partial charge in [-0.25, -0.2) is 4.79 Å². The van der Waals surface area contributed by atoms with E-state index in [4.69, 9.17) is 9.47 Å². The van der Waals surface area contributed by atoms with Gasteiger partial charge >= 0.3 is 6.03 Å². The Morgan fingerprint density at radius 1 is 1.27 bits per heavy atom. The van der Waals surface area contributed by atoms with Crippen molar-refractivity contribution in [3.8, 4) is 5.75 Å². The van der Waals surface area contributed by atoms with Crippen LogP contribution in [0.3, 0.4) is 0 Å². The Morgan fingerprint density at radius 3 is 2.82 bits per heavy atom. The van der Waals surface area contributed by atoms with Crippen molar-refractivity contribution in [2.75, 3.05) is 39.4 Å². The van der Waals surface area contributed by atoms with Gasteiger partial charge in [-0.2, -0.15) is 0 Å². The van der Waals surface area contributed by atoms with E-state index >= 15 is 0 Å². The number of ether oxygens (including phenoxy) is 2. The third-order valence-corrected chi connectivity index (χ3v) is 7.23. The van der Waals surface area contributed by atoms with Gasteiger partial charge in [-0.15, -0.1) is 11.3 Å². The summed E-state index contributed by atoms with van der Waals surface area (Å²) in [7, 11) is 0. The highest BCUT2D eigenvalue weighted by Crippen LogP contribution is 2.34. The maximum Gasteiger partial charge on any atom is 0.317 e. The summed E-state index contributed by atoms with van der Waals surface area (Å²) in [4.78, 5) is 31.0. The number of fused-ring (bicyclic) bond motifs is 1. The molecule has 1 aromatic carbocycles. The second-order valence-corrected chi connectivity index (χ2v) is 9.63. The highest BCUT2D eigenvalue weighted by Gasteiger charge is 2.34. The number of urea groups is 1. The van der Waals surface area contributed by atoms with Gasteiger partial charge < -0.3 is 24.6 Å². The summed E-state index contributed by atoms with van der Waals surface area (Å²) in [6.45, 7) is 6.62. The van der Waals surface area contributed by atoms with Crippen molar-refractivity contribution in [2.45, 2.75) is 45.3 Å². The first-order chi connectivity index (χ1) is 16.0. The average molecular weight is 472 g/mol. The van der Waals surface area contributed by atoms with Crippen molar-refractivity contribution in [2.24, 2.45) is 0 Å². The lowest BCUT2D eigenvalue weighted by atomic mass is 10.0. The summed E-state index contributed by atoms with van der Waals surface area (Å²) in [5.74, 6) is 0.728. The number of aryl methyl sites for hydroxylation is 1. The molecule has 1 saturated heterocycles. The summed E-state index contributed by atoms with van der Waals surface area (Å²) in [5.41, 5.74) is 2.32. The van der Waals surface area contributed by atoms with E-state index in [-0.39, 0.29) is 30.6 Å². The quantitative estimate of drug-likeness (QED) is 0.636. The number of nitrogens with one attached hydrogen (secondary N) is 1. The van der Waals surface area contributed by atoms with Crippen LogP contribution in [0.4, 0.5) is 4.79 Å². The van der Waals surface area contributed by atoms with Crippen molar-refractivity contribution >= 4 is 23.3 Å². The molecule has 0 saturated carbocycles. The first-order valence-electron chi connectivity index (χ1n) is 11.7. The van der Waals surface area contributed by atoms with Gasteiger partial charge in [-0.3, -0.25) is 4.79 Å². The highest BCUT2D eigenvalue weighted by molar-refractivity contribution is 7.10. The van der Waals surface area contributed by atoms with Crippen molar-refractivity contribution in [1.82, 2.24) is 15.1 Å². The van der Waals surface area contributed by atoms with Crippen LogP contribution in [-0.4, -0.2) is 67.2 Å². The zero-order valence-electron chi connectivity index (χ0n) is 19.4. The van der Waals surface area contributed by atoms with E-state index in [1.165, 1.54) is 10.4 Å². The van der Waals surface area contributed by atoms with Crippen LogP contribution in [0.5, 0.6) is 5.75 Å². The minimum atomic E-state index is -0.220. The first kappa shape index (κ1) is 23.6. The normalized spacial score (nSPS) is 19.8. The lowest BCUT2D eigenvalue weighted by Gasteiger charge is -2.37. The summed E-state index contributed by atoms with van der Waals surface area (Å²) in [6.07, 6.45) is 2.73. The van der Waals surface area contributed by atoms with Crippen LogP contribution >= 0.6 is 11.3 Å². The Labute approximate surface area is 199 Å². The lowest BCUT2D eigenvalue weighted by Crippen LogP contribution is -2.51. The molecule has 33 heavy (non-hydrogen) atoms. The second-order valence-electron chi connectivity index (χ2n) is 8.63.